The number of carboxylic acids is 1. The van der Waals surface area contributed by atoms with Crippen LogP contribution in [0.5, 0.6) is 0 Å². The van der Waals surface area contributed by atoms with Crippen molar-refractivity contribution >= 4 is 28.8 Å². The fourth-order valence-corrected chi connectivity index (χ4v) is 4.51. The summed E-state index contributed by atoms with van der Waals surface area (Å²) < 4.78 is 0. The number of amidine groups is 1. The zero-order valence-electron chi connectivity index (χ0n) is 14.8. The SMILES string of the molecule is CC(C)=CC[C@@]1(C(=O)O)CCCN(C(=O)CC2=CSC3=NCCN23)C1. The van der Waals surface area contributed by atoms with Gasteiger partial charge in [0.1, 0.15) is 0 Å². The quantitative estimate of drug-likeness (QED) is 0.760. The Hall–Kier alpha value is -1.76. The van der Waals surface area contributed by atoms with Crippen molar-refractivity contribution in [3.05, 3.63) is 22.8 Å². The molecule has 0 spiro atoms. The van der Waals surface area contributed by atoms with Gasteiger partial charge in [-0.2, -0.15) is 0 Å². The molecule has 136 valence electrons. The van der Waals surface area contributed by atoms with Crippen LogP contribution in [0.1, 0.15) is 39.5 Å². The van der Waals surface area contributed by atoms with E-state index < -0.39 is 11.4 Å². The Morgan fingerprint density at radius 1 is 1.40 bits per heavy atom. The summed E-state index contributed by atoms with van der Waals surface area (Å²) in [5.41, 5.74) is 1.24. The number of hydrogen-bond donors (Lipinski definition) is 1. The Kier molecular flexibility index (Phi) is 5.22. The average Bonchev–Trinajstić information content (AvgIpc) is 3.18. The molecule has 0 radical (unpaired) electrons. The first-order valence-corrected chi connectivity index (χ1v) is 9.61. The van der Waals surface area contributed by atoms with E-state index in [2.05, 4.69) is 9.89 Å². The first-order chi connectivity index (χ1) is 11.9. The number of carbonyl (C=O) groups is 2. The zero-order valence-corrected chi connectivity index (χ0v) is 15.6. The fraction of sp³-hybridized carbons (Fsp3) is 0.611. The lowest BCUT2D eigenvalue weighted by Gasteiger charge is -2.40. The van der Waals surface area contributed by atoms with Gasteiger partial charge in [0.25, 0.3) is 0 Å². The van der Waals surface area contributed by atoms with Gasteiger partial charge in [0, 0.05) is 25.3 Å². The van der Waals surface area contributed by atoms with Crippen molar-refractivity contribution in [3.8, 4) is 0 Å². The summed E-state index contributed by atoms with van der Waals surface area (Å²) in [6.45, 7) is 6.50. The van der Waals surface area contributed by atoms with Crippen molar-refractivity contribution in [1.82, 2.24) is 9.80 Å². The molecular weight excluding hydrogens is 338 g/mol. The summed E-state index contributed by atoms with van der Waals surface area (Å²) in [5, 5.41) is 12.8. The molecule has 0 aromatic heterocycles. The lowest BCUT2D eigenvalue weighted by Crippen LogP contribution is -2.50. The molecule has 3 heterocycles. The topological polar surface area (TPSA) is 73.2 Å². The first kappa shape index (κ1) is 18.0. The second-order valence-electron chi connectivity index (χ2n) is 7.21. The Bertz CT molecular complexity index is 666. The van der Waals surface area contributed by atoms with Gasteiger partial charge in [-0.3, -0.25) is 14.6 Å². The molecule has 3 aliphatic rings. The van der Waals surface area contributed by atoms with E-state index in [0.29, 0.717) is 32.4 Å². The molecule has 0 unspecified atom stereocenters. The van der Waals surface area contributed by atoms with Crippen LogP contribution in [0.25, 0.3) is 0 Å². The van der Waals surface area contributed by atoms with Crippen LogP contribution in [-0.4, -0.2) is 58.1 Å². The van der Waals surface area contributed by atoms with E-state index in [1.54, 1.807) is 16.7 Å². The first-order valence-electron chi connectivity index (χ1n) is 8.73. The normalized spacial score (nSPS) is 25.4. The van der Waals surface area contributed by atoms with Gasteiger partial charge < -0.3 is 14.9 Å². The maximum Gasteiger partial charge on any atom is 0.311 e. The minimum Gasteiger partial charge on any atom is -0.481 e. The summed E-state index contributed by atoms with van der Waals surface area (Å²) in [7, 11) is 0. The van der Waals surface area contributed by atoms with E-state index in [1.165, 1.54) is 0 Å². The largest absolute Gasteiger partial charge is 0.481 e. The predicted octanol–water partition coefficient (Wildman–Crippen LogP) is 2.69. The second kappa shape index (κ2) is 7.23. The predicted molar refractivity (Wildman–Crippen MR) is 99.2 cm³/mol. The monoisotopic (exact) mass is 363 g/mol. The van der Waals surface area contributed by atoms with Crippen molar-refractivity contribution in [2.45, 2.75) is 39.5 Å². The number of nitrogens with zero attached hydrogens (tertiary/aromatic N) is 3. The number of thioether (sulfide) groups is 1. The van der Waals surface area contributed by atoms with E-state index >= 15 is 0 Å². The van der Waals surface area contributed by atoms with E-state index in [1.807, 2.05) is 25.3 Å². The standard InChI is InChI=1S/C18H25N3O3S/c1-13(2)4-6-18(16(23)24)5-3-8-20(12-18)15(22)10-14-11-25-17-19-7-9-21(14)17/h4,11H,3,5-10,12H2,1-2H3,(H,23,24)/t18-/m0/s1. The van der Waals surface area contributed by atoms with Gasteiger partial charge in [-0.15, -0.1) is 0 Å². The number of allylic oxidation sites excluding steroid dienone is 2. The van der Waals surface area contributed by atoms with Crippen LogP contribution in [-0.2, 0) is 9.59 Å². The molecule has 0 aromatic rings. The Morgan fingerprint density at radius 2 is 2.20 bits per heavy atom. The van der Waals surface area contributed by atoms with E-state index in [-0.39, 0.29) is 5.91 Å². The molecule has 7 heteroatoms. The van der Waals surface area contributed by atoms with Gasteiger partial charge in [-0.1, -0.05) is 23.4 Å². The Labute approximate surface area is 152 Å². The van der Waals surface area contributed by atoms with E-state index in [0.717, 1.165) is 35.9 Å². The number of carbonyl (C=O) groups excluding carboxylic acids is 1. The van der Waals surface area contributed by atoms with Gasteiger partial charge in [0.15, 0.2) is 5.17 Å². The van der Waals surface area contributed by atoms with Gasteiger partial charge >= 0.3 is 5.97 Å². The molecule has 1 amide bonds. The van der Waals surface area contributed by atoms with Crippen LogP contribution in [0.15, 0.2) is 27.7 Å². The third-order valence-electron chi connectivity index (χ3n) is 5.07. The highest BCUT2D eigenvalue weighted by Crippen LogP contribution is 2.36. The minimum atomic E-state index is -0.857. The van der Waals surface area contributed by atoms with Crippen molar-refractivity contribution in [2.75, 3.05) is 26.2 Å². The maximum atomic E-state index is 12.8. The molecule has 6 nitrogen and oxygen atoms in total. The molecule has 0 saturated carbocycles. The number of aliphatic imine (C=N–C) groups is 1. The fourth-order valence-electron chi connectivity index (χ4n) is 3.55. The van der Waals surface area contributed by atoms with Crippen molar-refractivity contribution in [3.63, 3.8) is 0 Å². The van der Waals surface area contributed by atoms with Crippen LogP contribution < -0.4 is 0 Å². The second-order valence-corrected chi connectivity index (χ2v) is 8.05. The van der Waals surface area contributed by atoms with Gasteiger partial charge in [-0.05, 0) is 38.5 Å². The lowest BCUT2D eigenvalue weighted by molar-refractivity contribution is -0.154. The van der Waals surface area contributed by atoms with Crippen LogP contribution in [0.2, 0.25) is 0 Å². The van der Waals surface area contributed by atoms with Crippen molar-refractivity contribution in [2.24, 2.45) is 10.4 Å². The Balaban J connectivity index is 1.67. The highest BCUT2D eigenvalue weighted by Gasteiger charge is 2.43. The molecule has 1 saturated heterocycles. The van der Waals surface area contributed by atoms with Crippen LogP contribution in [0, 0.1) is 5.41 Å². The number of aliphatic carboxylic acids is 1. The molecular formula is C18H25N3O3S. The highest BCUT2D eigenvalue weighted by molar-refractivity contribution is 8.16. The Morgan fingerprint density at radius 3 is 2.92 bits per heavy atom. The molecule has 3 rings (SSSR count). The molecule has 0 bridgehead atoms. The smallest absolute Gasteiger partial charge is 0.311 e. The number of rotatable bonds is 5. The average molecular weight is 363 g/mol. The molecule has 0 aliphatic carbocycles. The molecule has 1 atom stereocenters. The summed E-state index contributed by atoms with van der Waals surface area (Å²) in [5.74, 6) is -0.783. The number of likely N-dealkylation sites (tertiary alicyclic amines) is 1. The summed E-state index contributed by atoms with van der Waals surface area (Å²) in [4.78, 5) is 33.0. The van der Waals surface area contributed by atoms with Gasteiger partial charge in [0.05, 0.1) is 18.4 Å². The lowest BCUT2D eigenvalue weighted by atomic mass is 9.76. The van der Waals surface area contributed by atoms with Gasteiger partial charge in [-0.25, -0.2) is 0 Å². The third kappa shape index (κ3) is 3.76. The third-order valence-corrected chi connectivity index (χ3v) is 6.02. The van der Waals surface area contributed by atoms with Crippen molar-refractivity contribution in [1.29, 1.82) is 0 Å². The summed E-state index contributed by atoms with van der Waals surface area (Å²) in [6.07, 6.45) is 4.14. The van der Waals surface area contributed by atoms with Crippen LogP contribution >= 0.6 is 11.8 Å². The summed E-state index contributed by atoms with van der Waals surface area (Å²) in [6, 6.07) is 0. The van der Waals surface area contributed by atoms with Crippen LogP contribution in [0.4, 0.5) is 0 Å². The molecule has 1 N–H and O–H groups in total. The number of hydrogen-bond acceptors (Lipinski definition) is 5. The highest BCUT2D eigenvalue weighted by atomic mass is 32.2. The van der Waals surface area contributed by atoms with Gasteiger partial charge in [0.2, 0.25) is 5.91 Å². The number of piperidine rings is 1. The number of fused-ring (bicyclic) bond motifs is 1. The van der Waals surface area contributed by atoms with Crippen LogP contribution in [0.3, 0.4) is 0 Å². The van der Waals surface area contributed by atoms with E-state index in [9.17, 15) is 14.7 Å². The zero-order chi connectivity index (χ0) is 18.0. The number of carboxylic acid groups (broad SMARTS) is 1. The maximum absolute atomic E-state index is 12.8. The summed E-state index contributed by atoms with van der Waals surface area (Å²) >= 11 is 1.57. The molecule has 3 aliphatic heterocycles. The van der Waals surface area contributed by atoms with E-state index in [4.69, 9.17) is 0 Å². The molecule has 25 heavy (non-hydrogen) atoms. The minimum absolute atomic E-state index is 0.0162. The molecule has 0 aromatic carbocycles. The van der Waals surface area contributed by atoms with Crippen molar-refractivity contribution < 1.29 is 14.7 Å². The number of amides is 1. The molecule has 1 fully saturated rings.